The molecule has 6 aromatic rings. The van der Waals surface area contributed by atoms with Crippen LogP contribution in [0.25, 0.3) is 44.6 Å². The fraction of sp³-hybridized carbons (Fsp3) is 0. The normalized spacial score (nSPS) is 10.7. The van der Waals surface area contributed by atoms with Gasteiger partial charge < -0.3 is 19.0 Å². The van der Waals surface area contributed by atoms with Gasteiger partial charge in [0.05, 0.1) is 10.8 Å². The van der Waals surface area contributed by atoms with E-state index < -0.39 is 0 Å². The quantitative estimate of drug-likeness (QED) is 0.303. The van der Waals surface area contributed by atoms with Crippen LogP contribution in [0.3, 0.4) is 0 Å². The highest BCUT2D eigenvalue weighted by atomic mass is 16.3. The van der Waals surface area contributed by atoms with Gasteiger partial charge >= 0.3 is 0 Å². The van der Waals surface area contributed by atoms with Crippen molar-refractivity contribution in [2.24, 2.45) is 0 Å². The Balaban J connectivity index is 0.000000148. The lowest BCUT2D eigenvalue weighted by atomic mass is 10.1. The Bertz CT molecular complexity index is 1650. The topological polar surface area (TPSA) is 101 Å². The molecule has 0 aliphatic heterocycles. The Morgan fingerprint density at radius 1 is 0.472 bits per heavy atom. The van der Waals surface area contributed by atoms with Crippen LogP contribution in [-0.2, 0) is 0 Å². The zero-order chi connectivity index (χ0) is 25.1. The molecular weight excluding hydrogens is 456 g/mol. The molecule has 6 rings (SSSR count). The second-order valence-electron chi connectivity index (χ2n) is 8.04. The van der Waals surface area contributed by atoms with Crippen LogP contribution in [0.1, 0.15) is 0 Å². The van der Waals surface area contributed by atoms with E-state index in [1.807, 2.05) is 60.7 Å². The zero-order valence-electron chi connectivity index (χ0n) is 18.9. The van der Waals surface area contributed by atoms with Gasteiger partial charge in [0, 0.05) is 35.4 Å². The lowest BCUT2D eigenvalue weighted by Gasteiger charge is -2.03. The summed E-state index contributed by atoms with van der Waals surface area (Å²) in [6, 6.07) is 30.7. The Labute approximate surface area is 204 Å². The highest BCUT2D eigenvalue weighted by Crippen LogP contribution is 2.25. The molecule has 0 aliphatic carbocycles. The summed E-state index contributed by atoms with van der Waals surface area (Å²) in [5.41, 5.74) is 2.22. The van der Waals surface area contributed by atoms with Crippen LogP contribution in [0.2, 0.25) is 0 Å². The molecule has 2 heterocycles. The minimum Gasteiger partial charge on any atom is -0.508 e. The summed E-state index contributed by atoms with van der Waals surface area (Å²) in [7, 11) is 0. The van der Waals surface area contributed by atoms with Crippen molar-refractivity contribution in [3.63, 3.8) is 0 Å². The third-order valence-corrected chi connectivity index (χ3v) is 5.54. The van der Waals surface area contributed by atoms with Crippen molar-refractivity contribution in [2.45, 2.75) is 0 Å². The molecule has 2 N–H and O–H groups in total. The Morgan fingerprint density at radius 2 is 0.861 bits per heavy atom. The van der Waals surface area contributed by atoms with Crippen molar-refractivity contribution in [1.82, 2.24) is 0 Å². The van der Waals surface area contributed by atoms with E-state index >= 15 is 0 Å². The third kappa shape index (κ3) is 4.74. The first-order valence-electron chi connectivity index (χ1n) is 11.1. The van der Waals surface area contributed by atoms with E-state index in [2.05, 4.69) is 0 Å². The Hall–Kier alpha value is -5.10. The summed E-state index contributed by atoms with van der Waals surface area (Å²) >= 11 is 0. The molecule has 0 unspecified atom stereocenters. The van der Waals surface area contributed by atoms with Crippen LogP contribution in [0.4, 0.5) is 0 Å². The fourth-order valence-corrected chi connectivity index (χ4v) is 3.78. The van der Waals surface area contributed by atoms with Crippen LogP contribution < -0.4 is 10.9 Å². The molecule has 0 spiro atoms. The molecule has 2 aromatic heterocycles. The summed E-state index contributed by atoms with van der Waals surface area (Å²) in [6.07, 6.45) is 0. The van der Waals surface area contributed by atoms with Gasteiger partial charge in [-0.3, -0.25) is 9.59 Å². The van der Waals surface area contributed by atoms with Gasteiger partial charge in [0.25, 0.3) is 0 Å². The molecule has 0 amide bonds. The van der Waals surface area contributed by atoms with Crippen LogP contribution in [0.5, 0.6) is 11.5 Å². The average molecular weight is 476 g/mol. The van der Waals surface area contributed by atoms with Gasteiger partial charge in [-0.1, -0.05) is 60.7 Å². The van der Waals surface area contributed by atoms with Crippen molar-refractivity contribution >= 4 is 21.9 Å². The number of phenolic OH excluding ortho intramolecular Hbond substituents is 2. The van der Waals surface area contributed by atoms with E-state index in [0.717, 1.165) is 11.1 Å². The zero-order valence-corrected chi connectivity index (χ0v) is 18.9. The van der Waals surface area contributed by atoms with Gasteiger partial charge in [-0.05, 0) is 24.3 Å². The summed E-state index contributed by atoms with van der Waals surface area (Å²) < 4.78 is 11.3. The van der Waals surface area contributed by atoms with E-state index in [1.165, 1.54) is 36.4 Å². The molecule has 0 saturated heterocycles. The molecule has 36 heavy (non-hydrogen) atoms. The maximum atomic E-state index is 11.9. The maximum absolute atomic E-state index is 11.9. The molecule has 0 bridgehead atoms. The molecule has 0 atom stereocenters. The molecule has 0 saturated carbocycles. The number of rotatable bonds is 2. The smallest absolute Gasteiger partial charge is 0.193 e. The second-order valence-corrected chi connectivity index (χ2v) is 8.04. The molecule has 6 heteroatoms. The van der Waals surface area contributed by atoms with E-state index in [0.29, 0.717) is 33.5 Å². The number of phenols is 2. The number of hydrogen-bond acceptors (Lipinski definition) is 6. The van der Waals surface area contributed by atoms with Gasteiger partial charge in [0.2, 0.25) is 0 Å². The molecule has 0 aliphatic rings. The molecular formula is C30H20O6. The third-order valence-electron chi connectivity index (χ3n) is 5.54. The standard InChI is InChI=1S/2C15H10O3/c2*16-11-6-7-12-13(17)9-14(18-15(12)8-11)10-4-2-1-3-5-10/h2*1-9,16H. The first-order chi connectivity index (χ1) is 17.5. The summed E-state index contributed by atoms with van der Waals surface area (Å²) in [6.45, 7) is 0. The van der Waals surface area contributed by atoms with Crippen molar-refractivity contribution in [3.05, 3.63) is 130 Å². The van der Waals surface area contributed by atoms with Crippen molar-refractivity contribution in [3.8, 4) is 34.1 Å². The molecule has 6 nitrogen and oxygen atoms in total. The Morgan fingerprint density at radius 3 is 1.25 bits per heavy atom. The monoisotopic (exact) mass is 476 g/mol. The van der Waals surface area contributed by atoms with E-state index in [9.17, 15) is 19.8 Å². The highest BCUT2D eigenvalue weighted by Gasteiger charge is 2.08. The predicted molar refractivity (Wildman–Crippen MR) is 139 cm³/mol. The maximum Gasteiger partial charge on any atom is 0.193 e. The molecule has 0 fully saturated rings. The largest absolute Gasteiger partial charge is 0.508 e. The molecule has 0 radical (unpaired) electrons. The van der Waals surface area contributed by atoms with Gasteiger partial charge in [0.15, 0.2) is 10.9 Å². The first-order valence-corrected chi connectivity index (χ1v) is 11.1. The average Bonchev–Trinajstić information content (AvgIpc) is 2.89. The number of aromatic hydroxyl groups is 2. The SMILES string of the molecule is O=c1cc(-c2ccccc2)oc2cc(O)ccc12.O=c1cc(-c2ccccc2)oc2cc(O)ccc12. The van der Waals surface area contributed by atoms with Gasteiger partial charge in [-0.25, -0.2) is 0 Å². The predicted octanol–water partition coefficient (Wildman–Crippen LogP) is 6.33. The van der Waals surface area contributed by atoms with E-state index in [1.54, 1.807) is 12.1 Å². The van der Waals surface area contributed by atoms with Crippen LogP contribution in [0, 0.1) is 0 Å². The lowest BCUT2D eigenvalue weighted by Crippen LogP contribution is -1.99. The number of hydrogen-bond donors (Lipinski definition) is 2. The van der Waals surface area contributed by atoms with Crippen LogP contribution in [-0.4, -0.2) is 10.2 Å². The van der Waals surface area contributed by atoms with Crippen molar-refractivity contribution in [2.75, 3.05) is 0 Å². The summed E-state index contributed by atoms with van der Waals surface area (Å²) in [5, 5.41) is 19.8. The Kier molecular flexibility index (Phi) is 6.07. The fourth-order valence-electron chi connectivity index (χ4n) is 3.78. The first kappa shape index (κ1) is 22.7. The van der Waals surface area contributed by atoms with Crippen LogP contribution in [0.15, 0.2) is 128 Å². The van der Waals surface area contributed by atoms with E-state index in [-0.39, 0.29) is 22.4 Å². The van der Waals surface area contributed by atoms with Gasteiger partial charge in [-0.2, -0.15) is 0 Å². The lowest BCUT2D eigenvalue weighted by molar-refractivity contribution is 0.473. The summed E-state index contributed by atoms with van der Waals surface area (Å²) in [5.74, 6) is 1.16. The van der Waals surface area contributed by atoms with Gasteiger partial charge in [-0.15, -0.1) is 0 Å². The minimum absolute atomic E-state index is 0.0795. The molecule has 176 valence electrons. The second kappa shape index (κ2) is 9.64. The number of benzene rings is 4. The van der Waals surface area contributed by atoms with Gasteiger partial charge in [0.1, 0.15) is 34.2 Å². The summed E-state index contributed by atoms with van der Waals surface area (Å²) in [4.78, 5) is 23.9. The number of fused-ring (bicyclic) bond motifs is 2. The van der Waals surface area contributed by atoms with Crippen molar-refractivity contribution in [1.29, 1.82) is 0 Å². The van der Waals surface area contributed by atoms with Crippen molar-refractivity contribution < 1.29 is 19.0 Å². The molecule has 4 aromatic carbocycles. The highest BCUT2D eigenvalue weighted by molar-refractivity contribution is 5.80. The minimum atomic E-state index is -0.116. The van der Waals surface area contributed by atoms with Crippen LogP contribution >= 0.6 is 0 Å². The van der Waals surface area contributed by atoms with E-state index in [4.69, 9.17) is 8.83 Å².